The molecule has 1 amide bonds. The van der Waals surface area contributed by atoms with Crippen molar-refractivity contribution in [2.24, 2.45) is 0 Å². The van der Waals surface area contributed by atoms with Crippen LogP contribution in [0.5, 0.6) is 5.75 Å². The summed E-state index contributed by atoms with van der Waals surface area (Å²) in [5.41, 5.74) is 1.51. The molecule has 2 aromatic carbocycles. The molecule has 0 aliphatic heterocycles. The quantitative estimate of drug-likeness (QED) is 0.351. The van der Waals surface area contributed by atoms with Gasteiger partial charge in [0.25, 0.3) is 0 Å². The first-order chi connectivity index (χ1) is 14.8. The monoisotopic (exact) mass is 478 g/mol. The number of amides is 1. The molecule has 1 aromatic heterocycles. The minimum atomic E-state index is -3.69. The van der Waals surface area contributed by atoms with Crippen LogP contribution in [0, 0.1) is 0 Å². The SMILES string of the molecule is CCOc1cccc(N(CC(=O)Nc2nnc(SCc3ccccc3)s2)S(C)(=O)=O)c1. The van der Waals surface area contributed by atoms with Gasteiger partial charge in [-0.3, -0.25) is 14.4 Å². The fourth-order valence-electron chi connectivity index (χ4n) is 2.62. The third kappa shape index (κ3) is 6.94. The Morgan fingerprint density at radius 2 is 1.94 bits per heavy atom. The largest absolute Gasteiger partial charge is 0.494 e. The fourth-order valence-corrected chi connectivity index (χ4v) is 5.19. The summed E-state index contributed by atoms with van der Waals surface area (Å²) in [7, 11) is -3.69. The lowest BCUT2D eigenvalue weighted by Crippen LogP contribution is -2.37. The molecule has 1 heterocycles. The standard InChI is InChI=1S/C20H22N4O4S3/c1-3-28-17-11-7-10-16(12-17)24(31(2,26)27)13-18(25)21-19-22-23-20(30-19)29-14-15-8-5-4-6-9-15/h4-12H,3,13-14H2,1-2H3,(H,21,22,25). The number of ether oxygens (including phenoxy) is 1. The first kappa shape index (κ1) is 23.0. The Labute approximate surface area is 189 Å². The molecule has 0 spiro atoms. The molecule has 8 nitrogen and oxygen atoms in total. The molecule has 3 aromatic rings. The van der Waals surface area contributed by atoms with E-state index in [9.17, 15) is 13.2 Å². The van der Waals surface area contributed by atoms with Crippen molar-refractivity contribution in [3.63, 3.8) is 0 Å². The van der Waals surface area contributed by atoms with Crippen LogP contribution in [0.25, 0.3) is 0 Å². The number of anilines is 2. The zero-order chi connectivity index (χ0) is 22.3. The molecule has 0 saturated carbocycles. The normalized spacial score (nSPS) is 11.2. The van der Waals surface area contributed by atoms with Gasteiger partial charge < -0.3 is 4.74 Å². The molecule has 0 aliphatic rings. The van der Waals surface area contributed by atoms with Crippen LogP contribution in [0.15, 0.2) is 58.9 Å². The highest BCUT2D eigenvalue weighted by Crippen LogP contribution is 2.28. The van der Waals surface area contributed by atoms with Crippen LogP contribution in [-0.2, 0) is 20.6 Å². The average Bonchev–Trinajstić information content (AvgIpc) is 3.18. The Bertz CT molecular complexity index is 1120. The summed E-state index contributed by atoms with van der Waals surface area (Å²) in [5, 5.41) is 11.0. The van der Waals surface area contributed by atoms with Gasteiger partial charge in [-0.25, -0.2) is 8.42 Å². The average molecular weight is 479 g/mol. The van der Waals surface area contributed by atoms with E-state index in [1.54, 1.807) is 24.3 Å². The van der Waals surface area contributed by atoms with Gasteiger partial charge in [0, 0.05) is 11.8 Å². The van der Waals surface area contributed by atoms with Crippen molar-refractivity contribution in [3.8, 4) is 5.75 Å². The molecule has 0 radical (unpaired) electrons. The molecule has 1 N–H and O–H groups in total. The van der Waals surface area contributed by atoms with E-state index in [0.29, 0.717) is 27.5 Å². The Morgan fingerprint density at radius 1 is 1.16 bits per heavy atom. The Balaban J connectivity index is 1.64. The molecule has 0 bridgehead atoms. The minimum absolute atomic E-state index is 0.317. The second-order valence-electron chi connectivity index (χ2n) is 6.40. The number of hydrogen-bond acceptors (Lipinski definition) is 8. The molecule has 0 saturated heterocycles. The molecular weight excluding hydrogens is 456 g/mol. The number of benzene rings is 2. The third-order valence-electron chi connectivity index (χ3n) is 3.96. The van der Waals surface area contributed by atoms with Crippen molar-refractivity contribution in [2.75, 3.05) is 29.0 Å². The van der Waals surface area contributed by atoms with Crippen LogP contribution < -0.4 is 14.4 Å². The zero-order valence-corrected chi connectivity index (χ0v) is 19.5. The van der Waals surface area contributed by atoms with Gasteiger partial charge in [-0.2, -0.15) is 0 Å². The lowest BCUT2D eigenvalue weighted by Gasteiger charge is -2.22. The number of nitrogens with zero attached hydrogens (tertiary/aromatic N) is 3. The maximum absolute atomic E-state index is 12.5. The topological polar surface area (TPSA) is 101 Å². The van der Waals surface area contributed by atoms with Gasteiger partial charge in [0.05, 0.1) is 18.6 Å². The molecular formula is C20H22N4O4S3. The number of hydrogen-bond donors (Lipinski definition) is 1. The van der Waals surface area contributed by atoms with Crippen LogP contribution in [0.1, 0.15) is 12.5 Å². The number of carbonyl (C=O) groups excluding carboxylic acids is 1. The lowest BCUT2D eigenvalue weighted by molar-refractivity contribution is -0.114. The number of carbonyl (C=O) groups is 1. The first-order valence-corrected chi connectivity index (χ1v) is 13.0. The minimum Gasteiger partial charge on any atom is -0.494 e. The van der Waals surface area contributed by atoms with Gasteiger partial charge in [-0.05, 0) is 24.6 Å². The van der Waals surface area contributed by atoms with Crippen molar-refractivity contribution < 1.29 is 17.9 Å². The van der Waals surface area contributed by atoms with Gasteiger partial charge in [-0.15, -0.1) is 10.2 Å². The predicted octanol–water partition coefficient (Wildman–Crippen LogP) is 3.63. The Morgan fingerprint density at radius 3 is 2.65 bits per heavy atom. The van der Waals surface area contributed by atoms with E-state index in [2.05, 4.69) is 15.5 Å². The van der Waals surface area contributed by atoms with Crippen molar-refractivity contribution >= 4 is 49.8 Å². The van der Waals surface area contributed by atoms with Gasteiger partial charge >= 0.3 is 0 Å². The first-order valence-electron chi connectivity index (χ1n) is 9.36. The zero-order valence-electron chi connectivity index (χ0n) is 17.0. The number of rotatable bonds is 10. The highest BCUT2D eigenvalue weighted by Gasteiger charge is 2.22. The highest BCUT2D eigenvalue weighted by atomic mass is 32.2. The summed E-state index contributed by atoms with van der Waals surface area (Å²) in [5.74, 6) is 0.753. The smallest absolute Gasteiger partial charge is 0.246 e. The van der Waals surface area contributed by atoms with Crippen molar-refractivity contribution in [3.05, 3.63) is 60.2 Å². The van der Waals surface area contributed by atoms with Crippen LogP contribution in [0.4, 0.5) is 10.8 Å². The molecule has 0 atom stereocenters. The van der Waals surface area contributed by atoms with E-state index >= 15 is 0 Å². The van der Waals surface area contributed by atoms with Gasteiger partial charge in [-0.1, -0.05) is 59.5 Å². The number of nitrogens with one attached hydrogen (secondary N) is 1. The Kier molecular flexibility index (Phi) is 7.88. The van der Waals surface area contributed by atoms with Crippen LogP contribution >= 0.6 is 23.1 Å². The highest BCUT2D eigenvalue weighted by molar-refractivity contribution is 8.00. The molecule has 31 heavy (non-hydrogen) atoms. The third-order valence-corrected chi connectivity index (χ3v) is 7.15. The van der Waals surface area contributed by atoms with Crippen LogP contribution in [0.2, 0.25) is 0 Å². The number of thioether (sulfide) groups is 1. The summed E-state index contributed by atoms with van der Waals surface area (Å²) in [4.78, 5) is 12.5. The second kappa shape index (κ2) is 10.6. The van der Waals surface area contributed by atoms with Gasteiger partial charge in [0.15, 0.2) is 4.34 Å². The number of sulfonamides is 1. The fraction of sp³-hybridized carbons (Fsp3) is 0.250. The van der Waals surface area contributed by atoms with E-state index in [-0.39, 0.29) is 6.54 Å². The number of aromatic nitrogens is 2. The predicted molar refractivity (Wildman–Crippen MR) is 124 cm³/mol. The van der Waals surface area contributed by atoms with Gasteiger partial charge in [0.2, 0.25) is 21.1 Å². The van der Waals surface area contributed by atoms with Crippen molar-refractivity contribution in [1.29, 1.82) is 0 Å². The van der Waals surface area contributed by atoms with E-state index in [1.165, 1.54) is 23.1 Å². The Hall–Kier alpha value is -2.63. The van der Waals surface area contributed by atoms with Crippen molar-refractivity contribution in [1.82, 2.24) is 10.2 Å². The lowest BCUT2D eigenvalue weighted by atomic mass is 10.2. The summed E-state index contributed by atoms with van der Waals surface area (Å²) < 4.78 is 31.7. The van der Waals surface area contributed by atoms with Gasteiger partial charge in [0.1, 0.15) is 12.3 Å². The maximum Gasteiger partial charge on any atom is 0.246 e. The van der Waals surface area contributed by atoms with E-state index < -0.39 is 15.9 Å². The molecule has 0 aliphatic carbocycles. The molecule has 11 heteroatoms. The van der Waals surface area contributed by atoms with E-state index in [4.69, 9.17) is 4.74 Å². The molecule has 3 rings (SSSR count). The molecule has 164 valence electrons. The van der Waals surface area contributed by atoms with Crippen LogP contribution in [-0.4, -0.2) is 43.9 Å². The molecule has 0 unspecified atom stereocenters. The van der Waals surface area contributed by atoms with Crippen molar-refractivity contribution in [2.45, 2.75) is 17.0 Å². The van der Waals surface area contributed by atoms with Crippen LogP contribution in [0.3, 0.4) is 0 Å². The van der Waals surface area contributed by atoms with E-state index in [1.807, 2.05) is 37.3 Å². The van der Waals surface area contributed by atoms with E-state index in [0.717, 1.165) is 21.9 Å². The molecule has 0 fully saturated rings. The summed E-state index contributed by atoms with van der Waals surface area (Å²) in [6, 6.07) is 16.5. The summed E-state index contributed by atoms with van der Waals surface area (Å²) in [6.45, 7) is 1.90. The maximum atomic E-state index is 12.5. The summed E-state index contributed by atoms with van der Waals surface area (Å²) >= 11 is 2.76. The second-order valence-corrected chi connectivity index (χ2v) is 10.5. The summed E-state index contributed by atoms with van der Waals surface area (Å²) in [6.07, 6.45) is 1.05.